The lowest BCUT2D eigenvalue weighted by Gasteiger charge is -2.22. The average Bonchev–Trinajstić information content (AvgIpc) is 2.92. The smallest absolute Gasteiger partial charge is 0.337 e. The van der Waals surface area contributed by atoms with Crippen LogP contribution in [0.5, 0.6) is 0 Å². The predicted octanol–water partition coefficient (Wildman–Crippen LogP) is 6.54. The van der Waals surface area contributed by atoms with Gasteiger partial charge in [-0.25, -0.2) is 9.79 Å². The Bertz CT molecular complexity index is 1910. The molecule has 204 valence electrons. The highest BCUT2D eigenvalue weighted by atomic mass is 32.2. The highest BCUT2D eigenvalue weighted by Gasteiger charge is 2.24. The van der Waals surface area contributed by atoms with Gasteiger partial charge in [0.15, 0.2) is 0 Å². The van der Waals surface area contributed by atoms with Crippen molar-refractivity contribution in [2.24, 2.45) is 4.99 Å². The Morgan fingerprint density at radius 1 is 0.925 bits per heavy atom. The number of aryl methyl sites for hydroxylation is 1. The molecular formula is C31H28N2O6S. The summed E-state index contributed by atoms with van der Waals surface area (Å²) >= 11 is 0. The number of carbonyl (C=O) groups is 1. The highest BCUT2D eigenvalue weighted by Crippen LogP contribution is 2.43. The summed E-state index contributed by atoms with van der Waals surface area (Å²) in [5.74, 6) is -0.650. The standard InChI is InChI=1S/C31H28N2O6S/c1-4-33(5-2)21-14-16-23-27(18-21)39-26-17-20(32-30-19(3)9-8-11-25(30)31(34)35)13-15-22(26)29(23)24-10-6-7-12-28(24)40(36,37)38/h6-18H,4-5H2,1-3H3,(H,34,35)(H,36,37,38). The van der Waals surface area contributed by atoms with E-state index in [1.165, 1.54) is 12.1 Å². The van der Waals surface area contributed by atoms with E-state index in [1.807, 2.05) is 18.2 Å². The minimum absolute atomic E-state index is 0.0854. The van der Waals surface area contributed by atoms with Gasteiger partial charge < -0.3 is 14.4 Å². The number of rotatable bonds is 7. The molecular weight excluding hydrogens is 528 g/mol. The lowest BCUT2D eigenvalue weighted by atomic mass is 9.93. The van der Waals surface area contributed by atoms with Crippen molar-refractivity contribution in [2.75, 3.05) is 18.0 Å². The van der Waals surface area contributed by atoms with E-state index in [4.69, 9.17) is 4.42 Å². The Morgan fingerprint density at radius 2 is 1.68 bits per heavy atom. The van der Waals surface area contributed by atoms with Crippen LogP contribution < -0.4 is 10.3 Å². The van der Waals surface area contributed by atoms with Crippen LogP contribution in [0, 0.1) is 6.92 Å². The molecule has 2 N–H and O–H groups in total. The maximum atomic E-state index is 12.4. The Balaban J connectivity index is 1.86. The van der Waals surface area contributed by atoms with E-state index in [-0.39, 0.29) is 10.5 Å². The van der Waals surface area contributed by atoms with Crippen LogP contribution in [0.4, 0.5) is 11.4 Å². The zero-order valence-corrected chi connectivity index (χ0v) is 23.1. The number of carboxylic acid groups (broad SMARTS) is 1. The van der Waals surface area contributed by atoms with E-state index in [0.29, 0.717) is 50.0 Å². The second-order valence-electron chi connectivity index (χ2n) is 9.37. The zero-order chi connectivity index (χ0) is 28.6. The molecule has 0 unspecified atom stereocenters. The van der Waals surface area contributed by atoms with Crippen molar-refractivity contribution in [3.8, 4) is 22.5 Å². The monoisotopic (exact) mass is 556 g/mol. The topological polar surface area (TPSA) is 120 Å². The zero-order valence-electron chi connectivity index (χ0n) is 22.2. The van der Waals surface area contributed by atoms with Gasteiger partial charge in [-0.15, -0.1) is 0 Å². The van der Waals surface area contributed by atoms with Crippen LogP contribution in [0.15, 0.2) is 93.2 Å². The van der Waals surface area contributed by atoms with Gasteiger partial charge in [0.05, 0.1) is 16.6 Å². The van der Waals surface area contributed by atoms with E-state index in [0.717, 1.165) is 18.8 Å². The van der Waals surface area contributed by atoms with Gasteiger partial charge in [0.25, 0.3) is 10.1 Å². The molecule has 0 saturated carbocycles. The highest BCUT2D eigenvalue weighted by molar-refractivity contribution is 7.86. The number of fused-ring (bicyclic) bond motifs is 2. The van der Waals surface area contributed by atoms with Crippen LogP contribution in [0.25, 0.3) is 33.4 Å². The molecule has 0 radical (unpaired) electrons. The first kappa shape index (κ1) is 27.1. The van der Waals surface area contributed by atoms with Crippen molar-refractivity contribution >= 4 is 38.4 Å². The Hall–Kier alpha value is -4.47. The summed E-state index contributed by atoms with van der Waals surface area (Å²) in [5.41, 5.74) is 4.15. The molecule has 8 nitrogen and oxygen atoms in total. The summed E-state index contributed by atoms with van der Waals surface area (Å²) in [7, 11) is -4.53. The molecule has 0 atom stereocenters. The van der Waals surface area contributed by atoms with Crippen molar-refractivity contribution in [2.45, 2.75) is 25.7 Å². The lowest BCUT2D eigenvalue weighted by molar-refractivity contribution is 0.0697. The average molecular weight is 557 g/mol. The van der Waals surface area contributed by atoms with Crippen LogP contribution in [0.2, 0.25) is 0 Å². The van der Waals surface area contributed by atoms with Gasteiger partial charge in [0.1, 0.15) is 16.2 Å². The molecule has 0 amide bonds. The summed E-state index contributed by atoms with van der Waals surface area (Å²) < 4.78 is 41.1. The molecule has 0 spiro atoms. The summed E-state index contributed by atoms with van der Waals surface area (Å²) in [5, 5.41) is 10.8. The van der Waals surface area contributed by atoms with Crippen molar-refractivity contribution in [3.05, 3.63) is 95.3 Å². The number of benzene rings is 4. The molecule has 0 saturated heterocycles. The summed E-state index contributed by atoms with van der Waals surface area (Å²) in [6.07, 6.45) is 0. The minimum Gasteiger partial charge on any atom is -0.478 e. The van der Waals surface area contributed by atoms with Crippen LogP contribution in [-0.4, -0.2) is 37.1 Å². The van der Waals surface area contributed by atoms with Gasteiger partial charge >= 0.3 is 5.97 Å². The number of anilines is 1. The van der Waals surface area contributed by atoms with E-state index >= 15 is 0 Å². The fraction of sp³-hybridized carbons (Fsp3) is 0.161. The second-order valence-corrected chi connectivity index (χ2v) is 10.8. The van der Waals surface area contributed by atoms with Crippen LogP contribution in [0.1, 0.15) is 29.8 Å². The second kappa shape index (κ2) is 10.6. The molecule has 1 aliphatic heterocycles. The lowest BCUT2D eigenvalue weighted by Crippen LogP contribution is -2.21. The third kappa shape index (κ3) is 4.97. The van der Waals surface area contributed by atoms with Gasteiger partial charge in [-0.05, 0) is 62.7 Å². The van der Waals surface area contributed by atoms with Crippen molar-refractivity contribution in [1.82, 2.24) is 0 Å². The van der Waals surface area contributed by atoms with Crippen molar-refractivity contribution in [3.63, 3.8) is 0 Å². The molecule has 9 heteroatoms. The molecule has 2 aliphatic rings. The van der Waals surface area contributed by atoms with E-state index in [9.17, 15) is 22.9 Å². The van der Waals surface area contributed by atoms with Crippen molar-refractivity contribution < 1.29 is 27.3 Å². The molecule has 3 aromatic rings. The van der Waals surface area contributed by atoms with Crippen LogP contribution >= 0.6 is 0 Å². The first-order valence-corrected chi connectivity index (χ1v) is 14.3. The summed E-state index contributed by atoms with van der Waals surface area (Å²) in [4.78, 5) is 18.4. The Labute approximate surface area is 231 Å². The Morgan fingerprint density at radius 3 is 2.38 bits per heavy atom. The number of carboxylic acids is 1. The molecule has 3 aromatic carbocycles. The number of para-hydroxylation sites is 1. The van der Waals surface area contributed by atoms with E-state index < -0.39 is 16.1 Å². The largest absolute Gasteiger partial charge is 0.478 e. The SMILES string of the molecule is CCN(CC)c1ccc2c(-c3ccccc3S(=O)(=O)O)c3ccc(=Nc4c(C)cccc4C(=O)O)cc-3oc2c1. The van der Waals surface area contributed by atoms with E-state index in [1.54, 1.807) is 55.5 Å². The molecule has 0 aromatic heterocycles. The predicted molar refractivity (Wildman–Crippen MR) is 155 cm³/mol. The van der Waals surface area contributed by atoms with Gasteiger partial charge in [-0.1, -0.05) is 30.3 Å². The van der Waals surface area contributed by atoms with Gasteiger partial charge in [-0.3, -0.25) is 4.55 Å². The maximum absolute atomic E-state index is 12.4. The van der Waals surface area contributed by atoms with Gasteiger partial charge in [-0.2, -0.15) is 8.42 Å². The fourth-order valence-corrected chi connectivity index (χ4v) is 5.72. The molecule has 5 rings (SSSR count). The fourth-order valence-electron chi connectivity index (χ4n) is 5.02. The number of hydrogen-bond acceptors (Lipinski definition) is 6. The number of aromatic carboxylic acids is 1. The maximum Gasteiger partial charge on any atom is 0.337 e. The number of nitrogens with zero attached hydrogens (tertiary/aromatic N) is 2. The first-order valence-electron chi connectivity index (χ1n) is 12.8. The van der Waals surface area contributed by atoms with E-state index in [2.05, 4.69) is 23.7 Å². The molecule has 0 bridgehead atoms. The quantitative estimate of drug-likeness (QED) is 0.173. The normalized spacial score (nSPS) is 12.2. The van der Waals surface area contributed by atoms with Gasteiger partial charge in [0, 0.05) is 53.0 Å². The minimum atomic E-state index is -4.53. The summed E-state index contributed by atoms with van der Waals surface area (Å²) in [6.45, 7) is 7.50. The molecule has 1 aliphatic carbocycles. The number of hydrogen-bond donors (Lipinski definition) is 2. The molecule has 40 heavy (non-hydrogen) atoms. The third-order valence-corrected chi connectivity index (χ3v) is 7.87. The molecule has 1 heterocycles. The summed E-state index contributed by atoms with van der Waals surface area (Å²) in [6, 6.07) is 22.2. The first-order chi connectivity index (χ1) is 19.1. The van der Waals surface area contributed by atoms with Gasteiger partial charge in [0.2, 0.25) is 0 Å². The molecule has 0 fully saturated rings. The Kier molecular flexibility index (Phi) is 7.18. The van der Waals surface area contributed by atoms with Crippen LogP contribution in [0.3, 0.4) is 0 Å². The third-order valence-electron chi connectivity index (χ3n) is 6.96. The van der Waals surface area contributed by atoms with Crippen molar-refractivity contribution in [1.29, 1.82) is 0 Å². The van der Waals surface area contributed by atoms with Crippen LogP contribution in [-0.2, 0) is 10.1 Å².